The molecule has 0 fully saturated rings. The largest absolute Gasteiger partial charge is 0.489 e. The van der Waals surface area contributed by atoms with Crippen LogP contribution in [0.4, 0.5) is 0 Å². The number of carbonyl (C=O) groups excluding carboxylic acids is 1. The van der Waals surface area contributed by atoms with Gasteiger partial charge < -0.3 is 9.47 Å². The third kappa shape index (κ3) is 6.14. The van der Waals surface area contributed by atoms with Gasteiger partial charge in [-0.3, -0.25) is 4.79 Å². The van der Waals surface area contributed by atoms with E-state index < -0.39 is 0 Å². The Morgan fingerprint density at radius 2 is 1.00 bits per heavy atom. The molecule has 0 heterocycles. The number of rotatable bonds is 10. The summed E-state index contributed by atoms with van der Waals surface area (Å²) in [7, 11) is 0. The lowest BCUT2D eigenvalue weighted by Gasteiger charge is -2.18. The fourth-order valence-corrected chi connectivity index (χ4v) is 3.93. The molecule has 0 amide bonds. The van der Waals surface area contributed by atoms with Gasteiger partial charge in [-0.2, -0.15) is 0 Å². The van der Waals surface area contributed by atoms with Crippen LogP contribution in [0.15, 0.2) is 109 Å². The zero-order valence-corrected chi connectivity index (χ0v) is 19.7. The number of hydrogen-bond donors (Lipinski definition) is 0. The van der Waals surface area contributed by atoms with Crippen LogP contribution in [0.3, 0.4) is 0 Å². The minimum Gasteiger partial charge on any atom is -0.489 e. The standard InChI is InChI=1S/C31H30O3/c1-23(27-15-9-17-29(19-27)33-21-25-11-5-3-6-12-25)31(32)24(2)28-16-10-18-30(20-28)34-22-26-13-7-4-8-14-26/h3-20,23-24H,21-22H2,1-2H3. The van der Waals surface area contributed by atoms with E-state index in [9.17, 15) is 4.79 Å². The van der Waals surface area contributed by atoms with Crippen LogP contribution in [0.5, 0.6) is 11.5 Å². The average Bonchev–Trinajstić information content (AvgIpc) is 2.91. The van der Waals surface area contributed by atoms with Gasteiger partial charge in [-0.15, -0.1) is 0 Å². The minimum atomic E-state index is -0.246. The topological polar surface area (TPSA) is 35.5 Å². The summed E-state index contributed by atoms with van der Waals surface area (Å²) >= 11 is 0. The smallest absolute Gasteiger partial charge is 0.147 e. The Morgan fingerprint density at radius 1 is 0.588 bits per heavy atom. The molecule has 2 unspecified atom stereocenters. The molecule has 0 aromatic heterocycles. The van der Waals surface area contributed by atoms with Gasteiger partial charge >= 0.3 is 0 Å². The first-order chi connectivity index (χ1) is 16.6. The van der Waals surface area contributed by atoms with Crippen molar-refractivity contribution in [3.8, 4) is 11.5 Å². The van der Waals surface area contributed by atoms with E-state index in [1.54, 1.807) is 0 Å². The molecule has 3 heteroatoms. The molecule has 4 aromatic carbocycles. The molecule has 172 valence electrons. The van der Waals surface area contributed by atoms with Crippen LogP contribution in [0.1, 0.15) is 47.9 Å². The SMILES string of the molecule is CC(C(=O)C(C)c1cccc(OCc2ccccc2)c1)c1cccc(OCc2ccccc2)c1. The Balaban J connectivity index is 1.40. The number of Topliss-reactive ketones (excluding diaryl/α,β-unsaturated/α-hetero) is 1. The molecule has 4 aromatic rings. The summed E-state index contributed by atoms with van der Waals surface area (Å²) in [5, 5.41) is 0. The van der Waals surface area contributed by atoms with Gasteiger partial charge in [0.1, 0.15) is 30.5 Å². The van der Waals surface area contributed by atoms with Gasteiger partial charge in [0.25, 0.3) is 0 Å². The first-order valence-corrected chi connectivity index (χ1v) is 11.7. The lowest BCUT2D eigenvalue weighted by Crippen LogP contribution is -2.16. The highest BCUT2D eigenvalue weighted by Crippen LogP contribution is 2.30. The molecule has 0 radical (unpaired) electrons. The summed E-state index contributed by atoms with van der Waals surface area (Å²) in [5.74, 6) is 1.21. The van der Waals surface area contributed by atoms with E-state index in [2.05, 4.69) is 0 Å². The van der Waals surface area contributed by atoms with Crippen molar-refractivity contribution in [1.29, 1.82) is 0 Å². The van der Waals surface area contributed by atoms with Crippen LogP contribution in [0.2, 0.25) is 0 Å². The van der Waals surface area contributed by atoms with Crippen molar-refractivity contribution in [2.45, 2.75) is 38.9 Å². The molecule has 34 heavy (non-hydrogen) atoms. The number of benzene rings is 4. The van der Waals surface area contributed by atoms with E-state index in [-0.39, 0.29) is 17.6 Å². The molecule has 4 rings (SSSR count). The van der Waals surface area contributed by atoms with E-state index >= 15 is 0 Å². The maximum atomic E-state index is 13.3. The Hall–Kier alpha value is -3.85. The van der Waals surface area contributed by atoms with Gasteiger partial charge in [0, 0.05) is 11.8 Å². The van der Waals surface area contributed by atoms with Crippen LogP contribution >= 0.6 is 0 Å². The highest BCUT2D eigenvalue weighted by atomic mass is 16.5. The van der Waals surface area contributed by atoms with Crippen LogP contribution in [0.25, 0.3) is 0 Å². The van der Waals surface area contributed by atoms with Crippen LogP contribution in [-0.2, 0) is 18.0 Å². The zero-order chi connectivity index (χ0) is 23.8. The van der Waals surface area contributed by atoms with Gasteiger partial charge in [0.15, 0.2) is 0 Å². The van der Waals surface area contributed by atoms with Gasteiger partial charge in [0.2, 0.25) is 0 Å². The van der Waals surface area contributed by atoms with Crippen LogP contribution < -0.4 is 9.47 Å². The Bertz CT molecular complexity index is 1110. The zero-order valence-electron chi connectivity index (χ0n) is 19.7. The maximum Gasteiger partial charge on any atom is 0.147 e. The lowest BCUT2D eigenvalue weighted by atomic mass is 9.86. The number of hydrogen-bond acceptors (Lipinski definition) is 3. The van der Waals surface area contributed by atoms with Crippen molar-refractivity contribution >= 4 is 5.78 Å². The fraction of sp³-hybridized carbons (Fsp3) is 0.194. The summed E-state index contributed by atoms with van der Waals surface area (Å²) in [4.78, 5) is 13.3. The van der Waals surface area contributed by atoms with Crippen molar-refractivity contribution in [2.75, 3.05) is 0 Å². The average molecular weight is 451 g/mol. The van der Waals surface area contributed by atoms with Gasteiger partial charge in [-0.05, 0) is 46.5 Å². The van der Waals surface area contributed by atoms with Gasteiger partial charge in [-0.25, -0.2) is 0 Å². The second kappa shape index (κ2) is 11.3. The van der Waals surface area contributed by atoms with Gasteiger partial charge in [0.05, 0.1) is 0 Å². The number of carbonyl (C=O) groups is 1. The minimum absolute atomic E-state index is 0.167. The molecule has 2 atom stereocenters. The highest BCUT2D eigenvalue weighted by Gasteiger charge is 2.23. The molecule has 3 nitrogen and oxygen atoms in total. The van der Waals surface area contributed by atoms with E-state index in [0.717, 1.165) is 33.8 Å². The van der Waals surface area contributed by atoms with E-state index in [1.807, 2.05) is 123 Å². The third-order valence-electron chi connectivity index (χ3n) is 6.07. The van der Waals surface area contributed by atoms with Crippen molar-refractivity contribution in [3.05, 3.63) is 131 Å². The first-order valence-electron chi connectivity index (χ1n) is 11.7. The molecule has 0 aliphatic carbocycles. The van der Waals surface area contributed by atoms with Crippen molar-refractivity contribution in [3.63, 3.8) is 0 Å². The van der Waals surface area contributed by atoms with Crippen molar-refractivity contribution < 1.29 is 14.3 Å². The highest BCUT2D eigenvalue weighted by molar-refractivity contribution is 5.91. The normalized spacial score (nSPS) is 12.5. The summed E-state index contributed by atoms with van der Waals surface area (Å²) in [6.07, 6.45) is 0. The van der Waals surface area contributed by atoms with E-state index in [1.165, 1.54) is 0 Å². The molecule has 0 aliphatic rings. The third-order valence-corrected chi connectivity index (χ3v) is 6.07. The number of ketones is 1. The Kier molecular flexibility index (Phi) is 7.77. The molecule has 0 saturated carbocycles. The van der Waals surface area contributed by atoms with Gasteiger partial charge in [-0.1, -0.05) is 98.8 Å². The van der Waals surface area contributed by atoms with Crippen molar-refractivity contribution in [1.82, 2.24) is 0 Å². The quantitative estimate of drug-likeness (QED) is 0.254. The Labute approximate surface area is 202 Å². The monoisotopic (exact) mass is 450 g/mol. The molecule has 0 bridgehead atoms. The molecular weight excluding hydrogens is 420 g/mol. The second-order valence-corrected chi connectivity index (χ2v) is 8.54. The van der Waals surface area contributed by atoms with E-state index in [4.69, 9.17) is 9.47 Å². The number of ether oxygens (including phenoxy) is 2. The predicted octanol–water partition coefficient (Wildman–Crippen LogP) is 7.32. The van der Waals surface area contributed by atoms with Crippen LogP contribution in [0, 0.1) is 0 Å². The molecule has 0 aliphatic heterocycles. The first kappa shape index (κ1) is 23.3. The summed E-state index contributed by atoms with van der Waals surface area (Å²) in [6.45, 7) is 4.92. The molecular formula is C31H30O3. The fourth-order valence-electron chi connectivity index (χ4n) is 3.93. The lowest BCUT2D eigenvalue weighted by molar-refractivity contribution is -0.121. The summed E-state index contributed by atoms with van der Waals surface area (Å²) in [5.41, 5.74) is 4.14. The molecule has 0 N–H and O–H groups in total. The van der Waals surface area contributed by atoms with Crippen molar-refractivity contribution in [2.24, 2.45) is 0 Å². The predicted molar refractivity (Wildman–Crippen MR) is 136 cm³/mol. The van der Waals surface area contributed by atoms with Crippen LogP contribution in [-0.4, -0.2) is 5.78 Å². The second-order valence-electron chi connectivity index (χ2n) is 8.54. The summed E-state index contributed by atoms with van der Waals surface area (Å²) < 4.78 is 11.9. The summed E-state index contributed by atoms with van der Waals surface area (Å²) in [6, 6.07) is 35.8. The Morgan fingerprint density at radius 3 is 1.41 bits per heavy atom. The van der Waals surface area contributed by atoms with E-state index in [0.29, 0.717) is 13.2 Å². The molecule has 0 saturated heterocycles. The molecule has 0 spiro atoms. The maximum absolute atomic E-state index is 13.3.